The summed E-state index contributed by atoms with van der Waals surface area (Å²) in [5.74, 6) is 0.463. The van der Waals surface area contributed by atoms with E-state index in [1.807, 2.05) is 13.8 Å². The molecule has 1 heterocycles. The standard InChI is InChI=1S/C18H25N3O5/c1-5-11(2)13(10-22)20-15(23)9-21-18(24)16-12(8-19-21)6-7-14(25-3)17(16)26-4/h6-8,11,13,22H,5,9-10H2,1-4H3,(H,20,23)/t11-,13-/m0/s1. The van der Waals surface area contributed by atoms with E-state index in [4.69, 9.17) is 9.47 Å². The van der Waals surface area contributed by atoms with Crippen LogP contribution in [0.2, 0.25) is 0 Å². The van der Waals surface area contributed by atoms with Gasteiger partial charge in [0.15, 0.2) is 11.5 Å². The van der Waals surface area contributed by atoms with Crippen LogP contribution < -0.4 is 20.3 Å². The van der Waals surface area contributed by atoms with E-state index in [1.165, 1.54) is 20.4 Å². The van der Waals surface area contributed by atoms with Gasteiger partial charge in [0, 0.05) is 5.39 Å². The maximum absolute atomic E-state index is 12.8. The van der Waals surface area contributed by atoms with Gasteiger partial charge in [-0.05, 0) is 18.1 Å². The molecular weight excluding hydrogens is 338 g/mol. The summed E-state index contributed by atoms with van der Waals surface area (Å²) < 4.78 is 11.6. The van der Waals surface area contributed by atoms with E-state index in [-0.39, 0.29) is 31.0 Å². The Bertz CT molecular complexity index is 833. The molecule has 0 unspecified atom stereocenters. The summed E-state index contributed by atoms with van der Waals surface area (Å²) in [6.07, 6.45) is 2.32. The van der Waals surface area contributed by atoms with Crippen molar-refractivity contribution in [1.29, 1.82) is 0 Å². The van der Waals surface area contributed by atoms with Crippen molar-refractivity contribution in [3.8, 4) is 11.5 Å². The normalized spacial score (nSPS) is 13.3. The van der Waals surface area contributed by atoms with E-state index < -0.39 is 5.56 Å². The number of aliphatic hydroxyl groups excluding tert-OH is 1. The molecule has 0 aliphatic heterocycles. The molecule has 0 saturated carbocycles. The maximum Gasteiger partial charge on any atom is 0.279 e. The smallest absolute Gasteiger partial charge is 0.279 e. The van der Waals surface area contributed by atoms with Crippen LogP contribution in [-0.2, 0) is 11.3 Å². The van der Waals surface area contributed by atoms with Gasteiger partial charge in [-0.3, -0.25) is 9.59 Å². The number of hydrogen-bond donors (Lipinski definition) is 2. The summed E-state index contributed by atoms with van der Waals surface area (Å²) in [6, 6.07) is 3.04. The minimum absolute atomic E-state index is 0.120. The Hall–Kier alpha value is -2.61. The SMILES string of the molecule is CC[C@H](C)[C@H](CO)NC(=O)Cn1ncc2ccc(OC)c(OC)c2c1=O. The maximum atomic E-state index is 12.8. The van der Waals surface area contributed by atoms with Gasteiger partial charge in [-0.1, -0.05) is 20.3 Å². The van der Waals surface area contributed by atoms with Crippen molar-refractivity contribution in [1.82, 2.24) is 15.1 Å². The molecule has 8 heteroatoms. The van der Waals surface area contributed by atoms with Gasteiger partial charge in [0.25, 0.3) is 5.56 Å². The third kappa shape index (κ3) is 3.96. The first kappa shape index (κ1) is 19.7. The monoisotopic (exact) mass is 363 g/mol. The Kier molecular flexibility index (Phi) is 6.57. The highest BCUT2D eigenvalue weighted by Crippen LogP contribution is 2.32. The average molecular weight is 363 g/mol. The minimum atomic E-state index is -0.447. The molecule has 0 fully saturated rings. The van der Waals surface area contributed by atoms with Gasteiger partial charge in [-0.2, -0.15) is 5.10 Å². The fourth-order valence-electron chi connectivity index (χ4n) is 2.74. The van der Waals surface area contributed by atoms with Crippen molar-refractivity contribution in [2.45, 2.75) is 32.9 Å². The van der Waals surface area contributed by atoms with Gasteiger partial charge in [-0.25, -0.2) is 4.68 Å². The molecule has 2 N–H and O–H groups in total. The van der Waals surface area contributed by atoms with E-state index in [0.717, 1.165) is 11.1 Å². The lowest BCUT2D eigenvalue weighted by Crippen LogP contribution is -2.44. The largest absolute Gasteiger partial charge is 0.493 e. The predicted molar refractivity (Wildman–Crippen MR) is 97.6 cm³/mol. The van der Waals surface area contributed by atoms with Crippen LogP contribution in [0.3, 0.4) is 0 Å². The van der Waals surface area contributed by atoms with Crippen LogP contribution in [0.5, 0.6) is 11.5 Å². The first-order valence-electron chi connectivity index (χ1n) is 8.47. The lowest BCUT2D eigenvalue weighted by Gasteiger charge is -2.22. The lowest BCUT2D eigenvalue weighted by molar-refractivity contribution is -0.123. The number of aromatic nitrogens is 2. The Morgan fingerprint density at radius 1 is 1.35 bits per heavy atom. The number of nitrogens with one attached hydrogen (secondary N) is 1. The molecule has 26 heavy (non-hydrogen) atoms. The summed E-state index contributed by atoms with van der Waals surface area (Å²) in [7, 11) is 2.94. The summed E-state index contributed by atoms with van der Waals surface area (Å²) in [5, 5.41) is 17.1. The first-order valence-corrected chi connectivity index (χ1v) is 8.47. The number of benzene rings is 1. The summed E-state index contributed by atoms with van der Waals surface area (Å²) >= 11 is 0. The van der Waals surface area contributed by atoms with Gasteiger partial charge in [0.05, 0.1) is 38.5 Å². The molecule has 0 radical (unpaired) electrons. The van der Waals surface area contributed by atoms with Crippen LogP contribution in [0, 0.1) is 5.92 Å². The van der Waals surface area contributed by atoms with Crippen molar-refractivity contribution in [3.63, 3.8) is 0 Å². The number of rotatable bonds is 8. The van der Waals surface area contributed by atoms with Crippen molar-refractivity contribution in [2.24, 2.45) is 5.92 Å². The zero-order valence-electron chi connectivity index (χ0n) is 15.5. The van der Waals surface area contributed by atoms with E-state index in [9.17, 15) is 14.7 Å². The van der Waals surface area contributed by atoms with Crippen molar-refractivity contribution in [2.75, 3.05) is 20.8 Å². The number of hydrogen-bond acceptors (Lipinski definition) is 6. The second kappa shape index (κ2) is 8.66. The molecule has 2 atom stereocenters. The fraction of sp³-hybridized carbons (Fsp3) is 0.500. The summed E-state index contributed by atoms with van der Waals surface area (Å²) in [6.45, 7) is 3.52. The Morgan fingerprint density at radius 3 is 2.65 bits per heavy atom. The lowest BCUT2D eigenvalue weighted by atomic mass is 10.00. The molecule has 0 aliphatic carbocycles. The van der Waals surface area contributed by atoms with Gasteiger partial charge in [0.1, 0.15) is 6.54 Å². The molecule has 0 aliphatic rings. The number of nitrogens with zero attached hydrogens (tertiary/aromatic N) is 2. The Balaban J connectivity index is 2.34. The topological polar surface area (TPSA) is 103 Å². The van der Waals surface area contributed by atoms with Crippen LogP contribution in [0.4, 0.5) is 0 Å². The van der Waals surface area contributed by atoms with E-state index in [0.29, 0.717) is 22.3 Å². The van der Waals surface area contributed by atoms with Gasteiger partial charge in [0.2, 0.25) is 5.91 Å². The molecule has 1 amide bonds. The first-order chi connectivity index (χ1) is 12.5. The van der Waals surface area contributed by atoms with Gasteiger partial charge < -0.3 is 19.9 Å². The fourth-order valence-corrected chi connectivity index (χ4v) is 2.74. The van der Waals surface area contributed by atoms with Crippen LogP contribution in [-0.4, -0.2) is 47.7 Å². The van der Waals surface area contributed by atoms with Crippen molar-refractivity contribution in [3.05, 3.63) is 28.7 Å². The minimum Gasteiger partial charge on any atom is -0.493 e. The molecule has 0 saturated heterocycles. The quantitative estimate of drug-likeness (QED) is 0.723. The van der Waals surface area contributed by atoms with Crippen LogP contribution in [0.1, 0.15) is 20.3 Å². The van der Waals surface area contributed by atoms with Crippen LogP contribution in [0.25, 0.3) is 10.8 Å². The Morgan fingerprint density at radius 2 is 2.08 bits per heavy atom. The number of ether oxygens (including phenoxy) is 2. The zero-order chi connectivity index (χ0) is 19.3. The summed E-state index contributed by atoms with van der Waals surface area (Å²) in [4.78, 5) is 25.1. The van der Waals surface area contributed by atoms with E-state index >= 15 is 0 Å². The summed E-state index contributed by atoms with van der Waals surface area (Å²) in [5.41, 5.74) is -0.447. The second-order valence-electron chi connectivity index (χ2n) is 6.11. The second-order valence-corrected chi connectivity index (χ2v) is 6.11. The number of carbonyl (C=O) groups excluding carboxylic acids is 1. The van der Waals surface area contributed by atoms with E-state index in [1.54, 1.807) is 12.1 Å². The van der Waals surface area contributed by atoms with Crippen LogP contribution >= 0.6 is 0 Å². The number of aliphatic hydroxyl groups is 1. The van der Waals surface area contributed by atoms with E-state index in [2.05, 4.69) is 10.4 Å². The molecule has 8 nitrogen and oxygen atoms in total. The molecular formula is C18H25N3O5. The third-order valence-electron chi connectivity index (χ3n) is 4.53. The molecule has 0 spiro atoms. The zero-order valence-corrected chi connectivity index (χ0v) is 15.5. The Labute approximate surface area is 151 Å². The van der Waals surface area contributed by atoms with Crippen LogP contribution in [0.15, 0.2) is 23.1 Å². The molecule has 2 rings (SSSR count). The number of amides is 1. The van der Waals surface area contributed by atoms with Gasteiger partial charge in [-0.15, -0.1) is 0 Å². The highest BCUT2D eigenvalue weighted by Gasteiger charge is 2.19. The average Bonchev–Trinajstić information content (AvgIpc) is 2.66. The molecule has 2 aromatic rings. The van der Waals surface area contributed by atoms with Crippen molar-refractivity contribution < 1.29 is 19.4 Å². The highest BCUT2D eigenvalue weighted by atomic mass is 16.5. The molecule has 142 valence electrons. The molecule has 0 bridgehead atoms. The number of methoxy groups -OCH3 is 2. The van der Waals surface area contributed by atoms with Gasteiger partial charge >= 0.3 is 0 Å². The number of fused-ring (bicyclic) bond motifs is 1. The molecule has 1 aromatic carbocycles. The highest BCUT2D eigenvalue weighted by molar-refractivity contribution is 5.89. The third-order valence-corrected chi connectivity index (χ3v) is 4.53. The predicted octanol–water partition coefficient (Wildman–Crippen LogP) is 0.937. The number of carbonyl (C=O) groups is 1. The van der Waals surface area contributed by atoms with Crippen molar-refractivity contribution >= 4 is 16.7 Å². The molecule has 1 aromatic heterocycles.